The van der Waals surface area contributed by atoms with Gasteiger partial charge in [-0.1, -0.05) is 12.1 Å². The Balaban J connectivity index is 2.32. The summed E-state index contributed by atoms with van der Waals surface area (Å²) in [4.78, 5) is 0.0863. The number of sulfone groups is 1. The molecule has 0 atom stereocenters. The van der Waals surface area contributed by atoms with E-state index in [-0.39, 0.29) is 21.3 Å². The minimum absolute atomic E-state index is 0.0355. The highest BCUT2D eigenvalue weighted by molar-refractivity contribution is 7.91. The highest BCUT2D eigenvalue weighted by Crippen LogP contribution is 2.38. The Morgan fingerprint density at radius 1 is 1.38 bits per heavy atom. The lowest BCUT2D eigenvalue weighted by Gasteiger charge is -2.07. The van der Waals surface area contributed by atoms with Gasteiger partial charge in [0.1, 0.15) is 26.7 Å². The molecule has 0 saturated carbocycles. The van der Waals surface area contributed by atoms with Crippen molar-refractivity contribution < 1.29 is 12.8 Å². The van der Waals surface area contributed by atoms with E-state index in [0.717, 1.165) is 23.2 Å². The summed E-state index contributed by atoms with van der Waals surface area (Å²) in [7, 11) is -3.55. The van der Waals surface area contributed by atoms with E-state index in [1.807, 2.05) is 6.07 Å². The Hall–Kier alpha value is -2.11. The summed E-state index contributed by atoms with van der Waals surface area (Å²) < 4.78 is 36.4. The van der Waals surface area contributed by atoms with Crippen LogP contribution in [0.4, 0.5) is 15.1 Å². The molecule has 8 heteroatoms. The quantitative estimate of drug-likeness (QED) is 0.899. The lowest BCUT2D eigenvalue weighted by molar-refractivity contribution is 0.602. The molecule has 2 aromatic rings. The van der Waals surface area contributed by atoms with E-state index in [1.54, 1.807) is 12.1 Å². The maximum absolute atomic E-state index is 12.8. The van der Waals surface area contributed by atoms with Gasteiger partial charge in [0.05, 0.1) is 5.69 Å². The third-order valence-corrected chi connectivity index (χ3v) is 5.10. The Morgan fingerprint density at radius 3 is 2.52 bits per heavy atom. The van der Waals surface area contributed by atoms with E-state index in [1.165, 1.54) is 12.1 Å². The van der Waals surface area contributed by atoms with E-state index in [4.69, 9.17) is 11.0 Å². The van der Waals surface area contributed by atoms with Gasteiger partial charge < -0.3 is 11.1 Å². The van der Waals surface area contributed by atoms with Crippen LogP contribution in [0.15, 0.2) is 29.2 Å². The topological polar surface area (TPSA) is 96.0 Å². The zero-order valence-electron chi connectivity index (χ0n) is 11.1. The summed E-state index contributed by atoms with van der Waals surface area (Å²) >= 11 is 0.985. The molecule has 5 nitrogen and oxygen atoms in total. The summed E-state index contributed by atoms with van der Waals surface area (Å²) in [6, 6.07) is 7.68. The predicted molar refractivity (Wildman–Crippen MR) is 80.3 cm³/mol. The van der Waals surface area contributed by atoms with Crippen molar-refractivity contribution in [2.45, 2.75) is 11.4 Å². The summed E-state index contributed by atoms with van der Waals surface area (Å²) in [5.41, 5.74) is 6.45. The third kappa shape index (κ3) is 3.32. The monoisotopic (exact) mass is 325 g/mol. The highest BCUT2D eigenvalue weighted by atomic mass is 32.2. The maximum Gasteiger partial charge on any atom is 0.180 e. The number of rotatable bonds is 4. The number of nitrogens with one attached hydrogen (secondary N) is 1. The normalized spacial score (nSPS) is 11.1. The van der Waals surface area contributed by atoms with Gasteiger partial charge in [0.25, 0.3) is 0 Å². The minimum Gasteiger partial charge on any atom is -0.396 e. The molecule has 1 aromatic carbocycles. The van der Waals surface area contributed by atoms with Crippen LogP contribution in [0.25, 0.3) is 0 Å². The molecule has 0 aliphatic carbocycles. The van der Waals surface area contributed by atoms with Gasteiger partial charge in [0.15, 0.2) is 9.84 Å². The van der Waals surface area contributed by atoms with E-state index >= 15 is 0 Å². The second kappa shape index (κ2) is 5.71. The SMILES string of the molecule is CS(=O)(=O)c1c(NCc2ccc(F)cc2)sc(C#N)c1N. The third-order valence-electron chi connectivity index (χ3n) is 2.74. The van der Waals surface area contributed by atoms with Gasteiger partial charge in [0.2, 0.25) is 0 Å². The lowest BCUT2D eigenvalue weighted by Crippen LogP contribution is -2.05. The number of nitrogen functional groups attached to an aromatic ring is 1. The van der Waals surface area contributed by atoms with Crippen LogP contribution >= 0.6 is 11.3 Å². The average Bonchev–Trinajstić information content (AvgIpc) is 2.74. The highest BCUT2D eigenvalue weighted by Gasteiger charge is 2.23. The van der Waals surface area contributed by atoms with Crippen molar-refractivity contribution in [3.05, 3.63) is 40.5 Å². The molecule has 0 spiro atoms. The number of anilines is 2. The van der Waals surface area contributed by atoms with Gasteiger partial charge in [-0.15, -0.1) is 11.3 Å². The van der Waals surface area contributed by atoms with Crippen LogP contribution in [0.3, 0.4) is 0 Å². The van der Waals surface area contributed by atoms with Gasteiger partial charge in [-0.05, 0) is 17.7 Å². The van der Waals surface area contributed by atoms with Gasteiger partial charge in [-0.3, -0.25) is 0 Å². The predicted octanol–water partition coefficient (Wildman–Crippen LogP) is 2.36. The van der Waals surface area contributed by atoms with Crippen molar-refractivity contribution in [3.63, 3.8) is 0 Å². The summed E-state index contributed by atoms with van der Waals surface area (Å²) in [5, 5.41) is 12.2. The van der Waals surface area contributed by atoms with Crippen LogP contribution in [0.5, 0.6) is 0 Å². The van der Waals surface area contributed by atoms with E-state index < -0.39 is 9.84 Å². The number of benzene rings is 1. The lowest BCUT2D eigenvalue weighted by atomic mass is 10.2. The molecule has 21 heavy (non-hydrogen) atoms. The number of nitrogens with zero attached hydrogens (tertiary/aromatic N) is 1. The van der Waals surface area contributed by atoms with Gasteiger partial charge in [-0.2, -0.15) is 5.26 Å². The molecule has 0 amide bonds. The number of hydrogen-bond donors (Lipinski definition) is 2. The molecular formula is C13H12FN3O2S2. The smallest absolute Gasteiger partial charge is 0.180 e. The standard InChI is InChI=1S/C13H12FN3O2S2/c1-21(18,19)12-11(16)10(6-15)20-13(12)17-7-8-2-4-9(14)5-3-8/h2-5,17H,7,16H2,1H3. The first-order valence-corrected chi connectivity index (χ1v) is 8.54. The molecule has 110 valence electrons. The number of nitrogens with two attached hydrogens (primary N) is 1. The average molecular weight is 325 g/mol. The van der Waals surface area contributed by atoms with E-state index in [2.05, 4.69) is 5.32 Å². The molecule has 0 radical (unpaired) electrons. The molecule has 2 rings (SSSR count). The molecular weight excluding hydrogens is 313 g/mol. The zero-order valence-corrected chi connectivity index (χ0v) is 12.7. The van der Waals surface area contributed by atoms with Crippen molar-refractivity contribution in [1.82, 2.24) is 0 Å². The maximum atomic E-state index is 12.8. The van der Waals surface area contributed by atoms with Gasteiger partial charge >= 0.3 is 0 Å². The van der Waals surface area contributed by atoms with Crippen molar-refractivity contribution in [3.8, 4) is 6.07 Å². The first-order chi connectivity index (χ1) is 9.82. The Morgan fingerprint density at radius 2 is 2.00 bits per heavy atom. The van der Waals surface area contributed by atoms with Crippen molar-refractivity contribution in [1.29, 1.82) is 5.26 Å². The van der Waals surface area contributed by atoms with E-state index in [9.17, 15) is 12.8 Å². The Labute approximate surface area is 125 Å². The first-order valence-electron chi connectivity index (χ1n) is 5.83. The molecule has 0 aliphatic heterocycles. The minimum atomic E-state index is -3.55. The van der Waals surface area contributed by atoms with Crippen LogP contribution in [0, 0.1) is 17.1 Å². The fourth-order valence-electron chi connectivity index (χ4n) is 1.78. The van der Waals surface area contributed by atoms with Crippen molar-refractivity contribution in [2.24, 2.45) is 0 Å². The molecule has 3 N–H and O–H groups in total. The molecule has 0 saturated heterocycles. The van der Waals surface area contributed by atoms with Crippen LogP contribution < -0.4 is 11.1 Å². The second-order valence-corrected chi connectivity index (χ2v) is 7.34. The number of thiophene rings is 1. The Kier molecular flexibility index (Phi) is 4.16. The zero-order chi connectivity index (χ0) is 15.6. The Bertz CT molecular complexity index is 805. The van der Waals surface area contributed by atoms with Crippen LogP contribution in [-0.2, 0) is 16.4 Å². The van der Waals surface area contributed by atoms with Crippen LogP contribution in [-0.4, -0.2) is 14.7 Å². The number of nitriles is 1. The van der Waals surface area contributed by atoms with Crippen molar-refractivity contribution >= 4 is 31.9 Å². The number of halogens is 1. The molecule has 0 unspecified atom stereocenters. The fourth-order valence-corrected chi connectivity index (χ4v) is 4.14. The second-order valence-electron chi connectivity index (χ2n) is 4.37. The van der Waals surface area contributed by atoms with Crippen molar-refractivity contribution in [2.75, 3.05) is 17.3 Å². The molecule has 1 heterocycles. The van der Waals surface area contributed by atoms with Crippen LogP contribution in [0.1, 0.15) is 10.4 Å². The van der Waals surface area contributed by atoms with Gasteiger partial charge in [0, 0.05) is 12.8 Å². The summed E-state index contributed by atoms with van der Waals surface area (Å²) in [6.45, 7) is 0.299. The molecule has 1 aromatic heterocycles. The summed E-state index contributed by atoms with van der Waals surface area (Å²) in [6.07, 6.45) is 1.04. The number of hydrogen-bond acceptors (Lipinski definition) is 6. The first kappa shape index (κ1) is 15.3. The molecule has 0 aliphatic rings. The largest absolute Gasteiger partial charge is 0.396 e. The molecule has 0 fully saturated rings. The van der Waals surface area contributed by atoms with Gasteiger partial charge in [-0.25, -0.2) is 12.8 Å². The fraction of sp³-hybridized carbons (Fsp3) is 0.154. The van der Waals surface area contributed by atoms with Crippen LogP contribution in [0.2, 0.25) is 0 Å². The summed E-state index contributed by atoms with van der Waals surface area (Å²) in [5.74, 6) is -0.345. The molecule has 0 bridgehead atoms. The van der Waals surface area contributed by atoms with E-state index in [0.29, 0.717) is 11.5 Å².